The van der Waals surface area contributed by atoms with E-state index in [4.69, 9.17) is 9.47 Å². The van der Waals surface area contributed by atoms with Gasteiger partial charge in [0.2, 0.25) is 0 Å². The first-order valence-corrected chi connectivity index (χ1v) is 10.1. The second-order valence-corrected chi connectivity index (χ2v) is 7.52. The van der Waals surface area contributed by atoms with Gasteiger partial charge in [0.25, 0.3) is 5.91 Å². The third kappa shape index (κ3) is 3.09. The number of benzene rings is 2. The smallest absolute Gasteiger partial charge is 0.255 e. The Bertz CT molecular complexity index is 845. The second kappa shape index (κ2) is 7.94. The molecule has 0 unspecified atom stereocenters. The third-order valence-corrected chi connectivity index (χ3v) is 6.16. The van der Waals surface area contributed by atoms with Crippen LogP contribution in [0.2, 0.25) is 0 Å². The van der Waals surface area contributed by atoms with Crippen molar-refractivity contribution < 1.29 is 14.3 Å². The van der Waals surface area contributed by atoms with Crippen LogP contribution in [0.3, 0.4) is 0 Å². The number of methoxy groups -OCH3 is 1. The van der Waals surface area contributed by atoms with Crippen LogP contribution in [0.15, 0.2) is 48.5 Å². The van der Waals surface area contributed by atoms with Crippen molar-refractivity contribution in [3.63, 3.8) is 0 Å². The fourth-order valence-electron chi connectivity index (χ4n) is 4.92. The van der Waals surface area contributed by atoms with Crippen LogP contribution in [0.4, 0.5) is 0 Å². The molecule has 0 bridgehead atoms. The van der Waals surface area contributed by atoms with E-state index in [0.29, 0.717) is 17.9 Å². The van der Waals surface area contributed by atoms with E-state index < -0.39 is 0 Å². The average Bonchev–Trinajstić information content (AvgIpc) is 2.98. The molecule has 5 heteroatoms. The van der Waals surface area contributed by atoms with Crippen molar-refractivity contribution in [2.24, 2.45) is 0 Å². The minimum absolute atomic E-state index is 0.0590. The van der Waals surface area contributed by atoms with Gasteiger partial charge < -0.3 is 20.1 Å². The maximum Gasteiger partial charge on any atom is 0.255 e. The van der Waals surface area contributed by atoms with Crippen molar-refractivity contribution in [3.8, 4) is 5.75 Å². The SMILES string of the molecule is CCO[C@@H]1[C@@H](NC(=O)c2ccccc2OC)c2ccccc2C12CCNCC2. The lowest BCUT2D eigenvalue weighted by Gasteiger charge is -2.41. The number of hydrogen-bond donors (Lipinski definition) is 2. The zero-order valence-corrected chi connectivity index (χ0v) is 16.5. The molecule has 0 saturated carbocycles. The maximum atomic E-state index is 13.2. The van der Waals surface area contributed by atoms with E-state index >= 15 is 0 Å². The summed E-state index contributed by atoms with van der Waals surface area (Å²) < 4.78 is 11.7. The van der Waals surface area contributed by atoms with E-state index in [2.05, 4.69) is 28.8 Å². The molecule has 28 heavy (non-hydrogen) atoms. The molecular formula is C23H28N2O3. The molecule has 2 aromatic carbocycles. The van der Waals surface area contributed by atoms with Crippen LogP contribution in [0, 0.1) is 0 Å². The lowest BCUT2D eigenvalue weighted by Crippen LogP contribution is -2.49. The minimum Gasteiger partial charge on any atom is -0.496 e. The quantitative estimate of drug-likeness (QED) is 0.836. The Balaban J connectivity index is 1.72. The Kier molecular flexibility index (Phi) is 5.38. The highest BCUT2D eigenvalue weighted by Crippen LogP contribution is 2.51. The van der Waals surface area contributed by atoms with Crippen LogP contribution in [-0.2, 0) is 10.2 Å². The number of ether oxygens (including phenoxy) is 2. The van der Waals surface area contributed by atoms with Crippen molar-refractivity contribution in [1.29, 1.82) is 0 Å². The van der Waals surface area contributed by atoms with Gasteiger partial charge >= 0.3 is 0 Å². The highest BCUT2D eigenvalue weighted by molar-refractivity contribution is 5.97. The zero-order chi connectivity index (χ0) is 19.6. The number of amides is 1. The highest BCUT2D eigenvalue weighted by Gasteiger charge is 2.53. The van der Waals surface area contributed by atoms with Gasteiger partial charge in [-0.15, -0.1) is 0 Å². The summed E-state index contributed by atoms with van der Waals surface area (Å²) in [6.45, 7) is 4.57. The molecule has 4 rings (SSSR count). The van der Waals surface area contributed by atoms with Crippen LogP contribution >= 0.6 is 0 Å². The van der Waals surface area contributed by atoms with Gasteiger partial charge in [0.15, 0.2) is 0 Å². The lowest BCUT2D eigenvalue weighted by atomic mass is 9.72. The highest BCUT2D eigenvalue weighted by atomic mass is 16.5. The lowest BCUT2D eigenvalue weighted by molar-refractivity contribution is -0.0208. The number of hydrogen-bond acceptors (Lipinski definition) is 4. The summed E-state index contributed by atoms with van der Waals surface area (Å²) in [5.74, 6) is 0.448. The summed E-state index contributed by atoms with van der Waals surface area (Å²) in [7, 11) is 1.59. The van der Waals surface area contributed by atoms with Crippen molar-refractivity contribution in [2.45, 2.75) is 37.3 Å². The molecule has 1 aliphatic heterocycles. The molecule has 1 aliphatic carbocycles. The van der Waals surface area contributed by atoms with E-state index in [1.54, 1.807) is 13.2 Å². The van der Waals surface area contributed by atoms with E-state index in [1.807, 2.05) is 31.2 Å². The van der Waals surface area contributed by atoms with Gasteiger partial charge in [-0.05, 0) is 56.1 Å². The molecule has 1 saturated heterocycles. The number of carbonyl (C=O) groups excluding carboxylic acids is 1. The molecule has 5 nitrogen and oxygen atoms in total. The summed E-state index contributed by atoms with van der Waals surface area (Å²) in [4.78, 5) is 13.2. The van der Waals surface area contributed by atoms with E-state index in [0.717, 1.165) is 25.9 Å². The molecule has 1 fully saturated rings. The van der Waals surface area contributed by atoms with Crippen molar-refractivity contribution in [2.75, 3.05) is 26.8 Å². The minimum atomic E-state index is -0.174. The molecular weight excluding hydrogens is 352 g/mol. The monoisotopic (exact) mass is 380 g/mol. The van der Waals surface area contributed by atoms with Gasteiger partial charge in [-0.25, -0.2) is 0 Å². The molecule has 2 N–H and O–H groups in total. The summed E-state index contributed by atoms with van der Waals surface area (Å²) in [6, 6.07) is 15.6. The van der Waals surface area contributed by atoms with Gasteiger partial charge in [0.05, 0.1) is 24.8 Å². The summed E-state index contributed by atoms with van der Waals surface area (Å²) >= 11 is 0. The Labute approximate surface area is 166 Å². The molecule has 2 aromatic rings. The molecule has 0 aromatic heterocycles. The fraction of sp³-hybridized carbons (Fsp3) is 0.435. The number of fused-ring (bicyclic) bond motifs is 2. The molecule has 0 radical (unpaired) electrons. The molecule has 148 valence electrons. The van der Waals surface area contributed by atoms with Crippen LogP contribution in [0.1, 0.15) is 47.3 Å². The average molecular weight is 380 g/mol. The third-order valence-electron chi connectivity index (χ3n) is 6.16. The standard InChI is InChI=1S/C23H28N2O3/c1-3-28-21-20(25-22(26)17-9-5-7-11-19(17)27-2)16-8-4-6-10-18(16)23(21)12-14-24-15-13-23/h4-11,20-21,24H,3,12-15H2,1-2H3,(H,25,26)/t20-,21+/m0/s1. The molecule has 2 atom stereocenters. The second-order valence-electron chi connectivity index (χ2n) is 7.52. The number of piperidine rings is 1. The van der Waals surface area contributed by atoms with E-state index in [1.165, 1.54) is 11.1 Å². The predicted molar refractivity (Wildman–Crippen MR) is 109 cm³/mol. The van der Waals surface area contributed by atoms with E-state index in [-0.39, 0.29) is 23.5 Å². The summed E-state index contributed by atoms with van der Waals surface area (Å²) in [5, 5.41) is 6.73. The number of nitrogens with one attached hydrogen (secondary N) is 2. The van der Waals surface area contributed by atoms with Crippen molar-refractivity contribution in [1.82, 2.24) is 10.6 Å². The zero-order valence-electron chi connectivity index (χ0n) is 16.5. The number of carbonyl (C=O) groups is 1. The molecule has 1 heterocycles. The summed E-state index contributed by atoms with van der Waals surface area (Å²) in [5.41, 5.74) is 2.98. The van der Waals surface area contributed by atoms with Gasteiger partial charge in [-0.2, -0.15) is 0 Å². The van der Waals surface area contributed by atoms with E-state index in [9.17, 15) is 4.79 Å². The molecule has 2 aliphatic rings. The Morgan fingerprint density at radius 2 is 1.86 bits per heavy atom. The normalized spacial score (nSPS) is 22.6. The fourth-order valence-corrected chi connectivity index (χ4v) is 4.92. The Morgan fingerprint density at radius 1 is 1.14 bits per heavy atom. The van der Waals surface area contributed by atoms with Gasteiger partial charge in [0.1, 0.15) is 5.75 Å². The maximum absolute atomic E-state index is 13.2. The summed E-state index contributed by atoms with van der Waals surface area (Å²) in [6.07, 6.45) is 1.95. The first-order valence-electron chi connectivity index (χ1n) is 10.1. The van der Waals surface area contributed by atoms with Crippen molar-refractivity contribution >= 4 is 5.91 Å². The number of para-hydroxylation sites is 1. The largest absolute Gasteiger partial charge is 0.496 e. The first kappa shape index (κ1) is 19.0. The van der Waals surface area contributed by atoms with Gasteiger partial charge in [-0.1, -0.05) is 36.4 Å². The first-order chi connectivity index (χ1) is 13.7. The van der Waals surface area contributed by atoms with Crippen LogP contribution in [0.5, 0.6) is 5.75 Å². The molecule has 1 spiro atoms. The van der Waals surface area contributed by atoms with Crippen LogP contribution in [-0.4, -0.2) is 38.8 Å². The molecule has 1 amide bonds. The Morgan fingerprint density at radius 3 is 2.61 bits per heavy atom. The van der Waals surface area contributed by atoms with Crippen LogP contribution < -0.4 is 15.4 Å². The Hall–Kier alpha value is -2.37. The van der Waals surface area contributed by atoms with Gasteiger partial charge in [-0.3, -0.25) is 4.79 Å². The number of rotatable bonds is 5. The topological polar surface area (TPSA) is 59.6 Å². The van der Waals surface area contributed by atoms with Crippen LogP contribution in [0.25, 0.3) is 0 Å². The van der Waals surface area contributed by atoms with Crippen molar-refractivity contribution in [3.05, 3.63) is 65.2 Å². The van der Waals surface area contributed by atoms with Gasteiger partial charge in [0, 0.05) is 12.0 Å². The predicted octanol–water partition coefficient (Wildman–Crippen LogP) is 3.21.